The van der Waals surface area contributed by atoms with E-state index in [0.717, 1.165) is 25.8 Å². The average Bonchev–Trinajstić information content (AvgIpc) is 2.61. The smallest absolute Gasteiger partial charge is 0.223 e. The van der Waals surface area contributed by atoms with Gasteiger partial charge in [0.15, 0.2) is 0 Å². The Labute approximate surface area is 98.0 Å². The van der Waals surface area contributed by atoms with Crippen LogP contribution in [0.5, 0.6) is 0 Å². The molecule has 2 N–H and O–H groups in total. The van der Waals surface area contributed by atoms with E-state index in [1.165, 1.54) is 0 Å². The molecule has 0 heterocycles. The number of amides is 1. The molecular formula is C12H24N2O2. The lowest BCUT2D eigenvalue weighted by molar-refractivity contribution is -0.129. The molecule has 1 saturated carbocycles. The summed E-state index contributed by atoms with van der Waals surface area (Å²) in [5.74, 6) is 0.517. The maximum Gasteiger partial charge on any atom is 0.223 e. The van der Waals surface area contributed by atoms with Crippen molar-refractivity contribution in [3.05, 3.63) is 0 Å². The third-order valence-corrected chi connectivity index (χ3v) is 3.33. The normalized spacial score (nSPS) is 26.8. The van der Waals surface area contributed by atoms with Crippen molar-refractivity contribution in [2.24, 2.45) is 5.92 Å². The maximum absolute atomic E-state index is 11.5. The van der Waals surface area contributed by atoms with E-state index in [-0.39, 0.29) is 18.1 Å². The van der Waals surface area contributed by atoms with Gasteiger partial charge in [-0.2, -0.15) is 0 Å². The lowest BCUT2D eigenvalue weighted by atomic mass is 10.1. The summed E-state index contributed by atoms with van der Waals surface area (Å²) in [6.07, 6.45) is 3.53. The average molecular weight is 228 g/mol. The van der Waals surface area contributed by atoms with E-state index in [1.54, 1.807) is 19.0 Å². The summed E-state index contributed by atoms with van der Waals surface area (Å²) in [5.41, 5.74) is 0. The topological polar surface area (TPSA) is 52.6 Å². The summed E-state index contributed by atoms with van der Waals surface area (Å²) >= 11 is 0. The zero-order valence-corrected chi connectivity index (χ0v) is 10.6. The molecule has 0 aromatic carbocycles. The molecule has 0 aromatic heterocycles. The van der Waals surface area contributed by atoms with E-state index in [9.17, 15) is 9.90 Å². The number of hydrogen-bond acceptors (Lipinski definition) is 3. The van der Waals surface area contributed by atoms with Gasteiger partial charge < -0.3 is 15.3 Å². The first kappa shape index (κ1) is 13.5. The van der Waals surface area contributed by atoms with E-state index in [0.29, 0.717) is 12.3 Å². The molecule has 1 aliphatic rings. The van der Waals surface area contributed by atoms with Crippen LogP contribution in [0.15, 0.2) is 0 Å². The molecule has 3 atom stereocenters. The van der Waals surface area contributed by atoms with Crippen LogP contribution < -0.4 is 5.32 Å². The summed E-state index contributed by atoms with van der Waals surface area (Å²) in [7, 11) is 3.55. The molecule has 4 nitrogen and oxygen atoms in total. The highest BCUT2D eigenvalue weighted by Gasteiger charge is 2.25. The third kappa shape index (κ3) is 4.10. The highest BCUT2D eigenvalue weighted by molar-refractivity contribution is 5.76. The number of hydrogen-bond donors (Lipinski definition) is 2. The Morgan fingerprint density at radius 3 is 2.69 bits per heavy atom. The van der Waals surface area contributed by atoms with E-state index >= 15 is 0 Å². The van der Waals surface area contributed by atoms with Gasteiger partial charge in [-0.25, -0.2) is 0 Å². The molecule has 0 aliphatic heterocycles. The Hall–Kier alpha value is -0.610. The number of carbonyl (C=O) groups is 1. The zero-order valence-electron chi connectivity index (χ0n) is 10.6. The van der Waals surface area contributed by atoms with Gasteiger partial charge in [-0.3, -0.25) is 4.79 Å². The summed E-state index contributed by atoms with van der Waals surface area (Å²) in [5, 5.41) is 13.0. The van der Waals surface area contributed by atoms with E-state index in [2.05, 4.69) is 5.32 Å². The summed E-state index contributed by atoms with van der Waals surface area (Å²) in [4.78, 5) is 13.1. The standard InChI is InChI=1S/C12H24N2O2/c1-9(7-12(16)14(2)3)13-8-10-5-4-6-11(10)15/h9-11,13,15H,4-8H2,1-3H3. The molecule has 16 heavy (non-hydrogen) atoms. The Kier molecular flexibility index (Phi) is 5.22. The Morgan fingerprint density at radius 2 is 2.19 bits per heavy atom. The molecule has 0 spiro atoms. The Balaban J connectivity index is 2.19. The Bertz CT molecular complexity index is 231. The van der Waals surface area contributed by atoms with Gasteiger partial charge in [-0.05, 0) is 25.7 Å². The number of aliphatic hydroxyl groups excluding tert-OH is 1. The van der Waals surface area contributed by atoms with Crippen LogP contribution in [-0.4, -0.2) is 48.7 Å². The quantitative estimate of drug-likeness (QED) is 0.724. The number of nitrogens with zero attached hydrogens (tertiary/aromatic N) is 1. The van der Waals surface area contributed by atoms with Gasteiger partial charge in [0.05, 0.1) is 6.10 Å². The van der Waals surface area contributed by atoms with Gasteiger partial charge >= 0.3 is 0 Å². The number of rotatable bonds is 5. The highest BCUT2D eigenvalue weighted by atomic mass is 16.3. The Morgan fingerprint density at radius 1 is 1.50 bits per heavy atom. The highest BCUT2D eigenvalue weighted by Crippen LogP contribution is 2.24. The number of nitrogens with one attached hydrogen (secondary N) is 1. The summed E-state index contributed by atoms with van der Waals surface area (Å²) < 4.78 is 0. The van der Waals surface area contributed by atoms with Gasteiger partial charge in [0.1, 0.15) is 0 Å². The first-order valence-electron chi connectivity index (χ1n) is 6.12. The van der Waals surface area contributed by atoms with Crippen molar-refractivity contribution in [1.29, 1.82) is 0 Å². The second kappa shape index (κ2) is 6.21. The predicted molar refractivity (Wildman–Crippen MR) is 64.1 cm³/mol. The molecule has 1 aliphatic carbocycles. The summed E-state index contributed by atoms with van der Waals surface area (Å²) in [6.45, 7) is 2.84. The molecule has 1 rings (SSSR count). The predicted octanol–water partition coefficient (Wildman–Crippen LogP) is 0.604. The fraction of sp³-hybridized carbons (Fsp3) is 0.917. The first-order valence-corrected chi connectivity index (χ1v) is 6.12. The van der Waals surface area contributed by atoms with E-state index in [4.69, 9.17) is 0 Å². The number of aliphatic hydroxyl groups is 1. The first-order chi connectivity index (χ1) is 7.50. The van der Waals surface area contributed by atoms with Gasteiger partial charge in [0.2, 0.25) is 5.91 Å². The second-order valence-electron chi connectivity index (χ2n) is 5.06. The zero-order chi connectivity index (χ0) is 12.1. The van der Waals surface area contributed by atoms with Crippen LogP contribution in [0, 0.1) is 5.92 Å². The van der Waals surface area contributed by atoms with Crippen molar-refractivity contribution in [2.75, 3.05) is 20.6 Å². The molecule has 94 valence electrons. The van der Waals surface area contributed by atoms with Crippen molar-refractivity contribution in [3.63, 3.8) is 0 Å². The van der Waals surface area contributed by atoms with Crippen molar-refractivity contribution in [1.82, 2.24) is 10.2 Å². The molecule has 0 bridgehead atoms. The minimum Gasteiger partial charge on any atom is -0.393 e. The van der Waals surface area contributed by atoms with E-state index < -0.39 is 0 Å². The monoisotopic (exact) mass is 228 g/mol. The van der Waals surface area contributed by atoms with E-state index in [1.807, 2.05) is 6.92 Å². The van der Waals surface area contributed by atoms with Crippen LogP contribution >= 0.6 is 0 Å². The minimum atomic E-state index is -0.149. The molecular weight excluding hydrogens is 204 g/mol. The third-order valence-electron chi connectivity index (χ3n) is 3.33. The van der Waals surface area contributed by atoms with Crippen molar-refractivity contribution >= 4 is 5.91 Å². The molecule has 1 fully saturated rings. The van der Waals surface area contributed by atoms with Crippen LogP contribution in [0.2, 0.25) is 0 Å². The molecule has 0 aromatic rings. The van der Waals surface area contributed by atoms with Crippen LogP contribution in [0.4, 0.5) is 0 Å². The molecule has 4 heteroatoms. The lowest BCUT2D eigenvalue weighted by Gasteiger charge is -2.20. The van der Waals surface area contributed by atoms with Crippen molar-refractivity contribution < 1.29 is 9.90 Å². The fourth-order valence-electron chi connectivity index (χ4n) is 2.12. The molecule has 3 unspecified atom stereocenters. The van der Waals surface area contributed by atoms with Crippen LogP contribution in [0.3, 0.4) is 0 Å². The van der Waals surface area contributed by atoms with Gasteiger partial charge in [0.25, 0.3) is 0 Å². The summed E-state index contributed by atoms with van der Waals surface area (Å²) in [6, 6.07) is 0.183. The lowest BCUT2D eigenvalue weighted by Crippen LogP contribution is -2.37. The maximum atomic E-state index is 11.5. The van der Waals surface area contributed by atoms with Gasteiger partial charge in [-0.15, -0.1) is 0 Å². The van der Waals surface area contributed by atoms with Crippen LogP contribution in [0.25, 0.3) is 0 Å². The largest absolute Gasteiger partial charge is 0.393 e. The molecule has 0 radical (unpaired) electrons. The molecule has 1 amide bonds. The number of carbonyl (C=O) groups excluding carboxylic acids is 1. The van der Waals surface area contributed by atoms with Gasteiger partial charge in [-0.1, -0.05) is 6.42 Å². The van der Waals surface area contributed by atoms with Crippen molar-refractivity contribution in [3.8, 4) is 0 Å². The van der Waals surface area contributed by atoms with Gasteiger partial charge in [0, 0.05) is 33.1 Å². The van der Waals surface area contributed by atoms with Crippen molar-refractivity contribution in [2.45, 2.75) is 44.8 Å². The second-order valence-corrected chi connectivity index (χ2v) is 5.06. The fourth-order valence-corrected chi connectivity index (χ4v) is 2.12. The molecule has 0 saturated heterocycles. The van der Waals surface area contributed by atoms with Crippen LogP contribution in [-0.2, 0) is 4.79 Å². The SMILES string of the molecule is CC(CC(=O)N(C)C)NCC1CCCC1O. The van der Waals surface area contributed by atoms with Crippen LogP contribution in [0.1, 0.15) is 32.6 Å². The minimum absolute atomic E-state index is 0.145.